The molecular formula is C10H11N3Se. The zero-order chi connectivity index (χ0) is 9.80. The van der Waals surface area contributed by atoms with Crippen molar-refractivity contribution in [2.45, 2.75) is 11.1 Å². The fourth-order valence-corrected chi connectivity index (χ4v) is 2.32. The summed E-state index contributed by atoms with van der Waals surface area (Å²) in [6.07, 6.45) is 1.85. The Kier molecular flexibility index (Phi) is 2.96. The van der Waals surface area contributed by atoms with Crippen LogP contribution >= 0.6 is 0 Å². The van der Waals surface area contributed by atoms with Gasteiger partial charge < -0.3 is 0 Å². The van der Waals surface area contributed by atoms with Gasteiger partial charge >= 0.3 is 89.0 Å². The molecule has 0 saturated heterocycles. The zero-order valence-corrected chi connectivity index (χ0v) is 9.63. The Morgan fingerprint density at radius 2 is 2.07 bits per heavy atom. The molecule has 0 aliphatic heterocycles. The molecule has 1 aromatic carbocycles. The molecule has 0 spiro atoms. The summed E-state index contributed by atoms with van der Waals surface area (Å²) in [4.78, 5) is 0. The van der Waals surface area contributed by atoms with Crippen molar-refractivity contribution in [3.05, 3.63) is 42.2 Å². The van der Waals surface area contributed by atoms with E-state index >= 15 is 0 Å². The van der Waals surface area contributed by atoms with Gasteiger partial charge in [-0.2, -0.15) is 0 Å². The van der Waals surface area contributed by atoms with Gasteiger partial charge in [-0.05, 0) is 0 Å². The summed E-state index contributed by atoms with van der Waals surface area (Å²) in [7, 11) is 0. The summed E-state index contributed by atoms with van der Waals surface area (Å²) in [5, 5.41) is 9.10. The second-order valence-corrected chi connectivity index (χ2v) is 4.72. The fourth-order valence-electron chi connectivity index (χ4n) is 1.29. The van der Waals surface area contributed by atoms with E-state index in [9.17, 15) is 0 Å². The first kappa shape index (κ1) is 9.44. The van der Waals surface area contributed by atoms with Gasteiger partial charge in [0, 0.05) is 0 Å². The topological polar surface area (TPSA) is 30.7 Å². The number of hydrogen-bond acceptors (Lipinski definition) is 2. The quantitative estimate of drug-likeness (QED) is 0.775. The Hall–Kier alpha value is -1.12. The van der Waals surface area contributed by atoms with Gasteiger partial charge in [-0.25, -0.2) is 0 Å². The molecule has 14 heavy (non-hydrogen) atoms. The molecular weight excluding hydrogens is 241 g/mol. The van der Waals surface area contributed by atoms with Gasteiger partial charge in [0.15, 0.2) is 0 Å². The van der Waals surface area contributed by atoms with Crippen molar-refractivity contribution < 1.29 is 0 Å². The zero-order valence-electron chi connectivity index (χ0n) is 7.92. The maximum atomic E-state index is 4.08. The molecule has 0 bridgehead atoms. The SMILES string of the molecule is C[Se]Cc1cnnn1-c1ccccc1. The number of benzene rings is 1. The first-order chi connectivity index (χ1) is 6.92. The van der Waals surface area contributed by atoms with Crippen LogP contribution in [0.5, 0.6) is 0 Å². The van der Waals surface area contributed by atoms with Crippen molar-refractivity contribution in [1.29, 1.82) is 0 Å². The van der Waals surface area contributed by atoms with Crippen LogP contribution in [0, 0.1) is 0 Å². The van der Waals surface area contributed by atoms with Crippen molar-refractivity contribution in [1.82, 2.24) is 15.0 Å². The molecule has 0 saturated carbocycles. The van der Waals surface area contributed by atoms with Crippen molar-refractivity contribution in [2.75, 3.05) is 0 Å². The monoisotopic (exact) mass is 253 g/mol. The van der Waals surface area contributed by atoms with Gasteiger partial charge in [0.25, 0.3) is 0 Å². The minimum atomic E-state index is 0.619. The first-order valence-electron chi connectivity index (χ1n) is 4.36. The van der Waals surface area contributed by atoms with Gasteiger partial charge in [-0.1, -0.05) is 0 Å². The third-order valence-corrected chi connectivity index (χ3v) is 3.14. The summed E-state index contributed by atoms with van der Waals surface area (Å²) in [5.41, 5.74) is 2.28. The van der Waals surface area contributed by atoms with E-state index in [1.807, 2.05) is 41.2 Å². The predicted molar refractivity (Wildman–Crippen MR) is 56.7 cm³/mol. The molecule has 2 aromatic rings. The maximum absolute atomic E-state index is 4.08. The Bertz CT molecular complexity index is 397. The number of nitrogens with zero attached hydrogens (tertiary/aromatic N) is 3. The summed E-state index contributed by atoms with van der Waals surface area (Å²) in [6, 6.07) is 10.1. The van der Waals surface area contributed by atoms with E-state index in [0.29, 0.717) is 15.0 Å². The van der Waals surface area contributed by atoms with Crippen LogP contribution in [0.2, 0.25) is 5.82 Å². The minimum absolute atomic E-state index is 0.619. The Labute approximate surface area is 89.3 Å². The van der Waals surface area contributed by atoms with Gasteiger partial charge in [0.2, 0.25) is 0 Å². The third-order valence-electron chi connectivity index (χ3n) is 1.91. The Balaban J connectivity index is 2.37. The van der Waals surface area contributed by atoms with Gasteiger partial charge in [-0.15, -0.1) is 0 Å². The number of hydrogen-bond donors (Lipinski definition) is 0. The number of rotatable bonds is 3. The molecule has 0 N–H and O–H groups in total. The molecule has 2 rings (SSSR count). The molecule has 0 fully saturated rings. The van der Waals surface area contributed by atoms with Crippen LogP contribution in [0.15, 0.2) is 36.5 Å². The summed E-state index contributed by atoms with van der Waals surface area (Å²) < 4.78 is 1.91. The van der Waals surface area contributed by atoms with Crippen molar-refractivity contribution in [3.63, 3.8) is 0 Å². The molecule has 1 heterocycles. The van der Waals surface area contributed by atoms with Crippen molar-refractivity contribution in [2.24, 2.45) is 0 Å². The van der Waals surface area contributed by atoms with Gasteiger partial charge in [0.05, 0.1) is 0 Å². The molecule has 1 aromatic heterocycles. The fraction of sp³-hybridized carbons (Fsp3) is 0.200. The van der Waals surface area contributed by atoms with E-state index in [1.165, 1.54) is 5.69 Å². The average molecular weight is 252 g/mol. The van der Waals surface area contributed by atoms with Crippen molar-refractivity contribution >= 4 is 15.0 Å². The molecule has 0 radical (unpaired) electrons. The predicted octanol–water partition coefficient (Wildman–Crippen LogP) is 1.52. The molecule has 0 aliphatic carbocycles. The van der Waals surface area contributed by atoms with E-state index in [1.54, 1.807) is 0 Å². The van der Waals surface area contributed by atoms with Gasteiger partial charge in [0.1, 0.15) is 0 Å². The molecule has 72 valence electrons. The van der Waals surface area contributed by atoms with E-state index in [0.717, 1.165) is 11.0 Å². The second kappa shape index (κ2) is 4.40. The summed E-state index contributed by atoms with van der Waals surface area (Å²) >= 11 is 0.619. The summed E-state index contributed by atoms with van der Waals surface area (Å²) in [6.45, 7) is 0. The van der Waals surface area contributed by atoms with Crippen LogP contribution in [0.3, 0.4) is 0 Å². The van der Waals surface area contributed by atoms with E-state index in [4.69, 9.17) is 0 Å². The van der Waals surface area contributed by atoms with Crippen LogP contribution in [0.25, 0.3) is 5.69 Å². The normalized spacial score (nSPS) is 10.4. The van der Waals surface area contributed by atoms with E-state index < -0.39 is 0 Å². The van der Waals surface area contributed by atoms with Gasteiger partial charge in [-0.3, -0.25) is 0 Å². The molecule has 3 nitrogen and oxygen atoms in total. The average Bonchev–Trinajstić information content (AvgIpc) is 2.68. The molecule has 0 atom stereocenters. The van der Waals surface area contributed by atoms with Crippen molar-refractivity contribution in [3.8, 4) is 5.69 Å². The standard InChI is InChI=1S/C10H11N3Se/c1-14-8-10-7-11-12-13(10)9-5-3-2-4-6-9/h2-7H,8H2,1H3. The van der Waals surface area contributed by atoms with Crippen LogP contribution in [-0.2, 0) is 5.32 Å². The molecule has 0 aliphatic rings. The van der Waals surface area contributed by atoms with Crippen LogP contribution in [0.1, 0.15) is 5.69 Å². The van der Waals surface area contributed by atoms with Crippen LogP contribution in [0.4, 0.5) is 0 Å². The number of aromatic nitrogens is 3. The third kappa shape index (κ3) is 1.86. The van der Waals surface area contributed by atoms with E-state index in [2.05, 4.69) is 16.1 Å². The molecule has 0 amide bonds. The second-order valence-electron chi connectivity index (χ2n) is 2.91. The molecule has 0 unspecified atom stereocenters. The molecule has 4 heteroatoms. The van der Waals surface area contributed by atoms with Crippen LogP contribution in [-0.4, -0.2) is 30.0 Å². The Morgan fingerprint density at radius 1 is 1.29 bits per heavy atom. The number of para-hydroxylation sites is 1. The first-order valence-corrected chi connectivity index (χ1v) is 7.28. The Morgan fingerprint density at radius 3 is 2.79 bits per heavy atom. The van der Waals surface area contributed by atoms with E-state index in [-0.39, 0.29) is 0 Å². The van der Waals surface area contributed by atoms with Crippen LogP contribution < -0.4 is 0 Å². The summed E-state index contributed by atoms with van der Waals surface area (Å²) in [5.74, 6) is 2.22.